The summed E-state index contributed by atoms with van der Waals surface area (Å²) < 4.78 is 5.54. The van der Waals surface area contributed by atoms with Gasteiger partial charge in [-0.2, -0.15) is 0 Å². The first kappa shape index (κ1) is 19.7. The van der Waals surface area contributed by atoms with E-state index in [4.69, 9.17) is 16.3 Å². The Bertz CT molecular complexity index is 1070. The molecular formula is C23H23ClN2O3. The van der Waals surface area contributed by atoms with Crippen molar-refractivity contribution in [3.05, 3.63) is 70.4 Å². The molecule has 0 aliphatic carbocycles. The number of aromatic nitrogens is 1. The number of aromatic amines is 1. The van der Waals surface area contributed by atoms with Gasteiger partial charge in [-0.3, -0.25) is 9.59 Å². The zero-order chi connectivity index (χ0) is 20.4. The van der Waals surface area contributed by atoms with Crippen molar-refractivity contribution in [3.63, 3.8) is 0 Å². The second-order valence-corrected chi connectivity index (χ2v) is 8.02. The molecule has 0 atom stereocenters. The number of amides is 1. The molecule has 0 spiro atoms. The summed E-state index contributed by atoms with van der Waals surface area (Å²) in [7, 11) is 0. The maximum absolute atomic E-state index is 12.9. The van der Waals surface area contributed by atoms with Crippen LogP contribution >= 0.6 is 11.6 Å². The molecule has 29 heavy (non-hydrogen) atoms. The molecular weight excluding hydrogens is 388 g/mol. The first-order valence-electron chi connectivity index (χ1n) is 9.74. The number of H-pyrrole nitrogens is 1. The summed E-state index contributed by atoms with van der Waals surface area (Å²) in [4.78, 5) is 28.9. The van der Waals surface area contributed by atoms with Crippen molar-refractivity contribution >= 4 is 34.2 Å². The topological polar surface area (TPSA) is 71.2 Å². The largest absolute Gasteiger partial charge is 0.381 e. The van der Waals surface area contributed by atoms with Crippen LogP contribution in [-0.2, 0) is 14.9 Å². The molecule has 0 unspecified atom stereocenters. The number of benzene rings is 2. The summed E-state index contributed by atoms with van der Waals surface area (Å²) in [6, 6.07) is 15.2. The number of aryl methyl sites for hydroxylation is 1. The third kappa shape index (κ3) is 3.80. The minimum Gasteiger partial charge on any atom is -0.381 e. The van der Waals surface area contributed by atoms with Gasteiger partial charge in [0.05, 0.1) is 5.56 Å². The highest BCUT2D eigenvalue weighted by atomic mass is 35.5. The molecule has 2 heterocycles. The van der Waals surface area contributed by atoms with E-state index in [1.807, 2.05) is 55.5 Å². The Morgan fingerprint density at radius 2 is 1.90 bits per heavy atom. The number of ketones is 1. The number of rotatable bonds is 5. The van der Waals surface area contributed by atoms with Gasteiger partial charge in [-0.05, 0) is 43.5 Å². The molecule has 150 valence electrons. The predicted molar refractivity (Wildman–Crippen MR) is 114 cm³/mol. The second-order valence-electron chi connectivity index (χ2n) is 7.59. The van der Waals surface area contributed by atoms with E-state index in [1.165, 1.54) is 0 Å². The van der Waals surface area contributed by atoms with Crippen molar-refractivity contribution in [2.45, 2.75) is 25.2 Å². The lowest BCUT2D eigenvalue weighted by molar-refractivity contribution is -0.117. The molecule has 2 N–H and O–H groups in total. The van der Waals surface area contributed by atoms with Gasteiger partial charge in [-0.15, -0.1) is 0 Å². The van der Waals surface area contributed by atoms with Crippen LogP contribution in [0.2, 0.25) is 5.02 Å². The molecule has 3 aromatic rings. The van der Waals surface area contributed by atoms with Gasteiger partial charge >= 0.3 is 0 Å². The summed E-state index contributed by atoms with van der Waals surface area (Å²) in [5, 5.41) is 4.31. The molecule has 4 rings (SSSR count). The number of hydrogen-bond acceptors (Lipinski definition) is 3. The Hall–Kier alpha value is -2.63. The average Bonchev–Trinajstić information content (AvgIpc) is 3.07. The Labute approximate surface area is 174 Å². The SMILES string of the molecule is Cc1[nH]c2ccccc2c1C(=O)C(=O)NCC1(c2cccc(Cl)c2)CCOCC1. The third-order valence-electron chi connectivity index (χ3n) is 5.80. The van der Waals surface area contributed by atoms with Crippen molar-refractivity contribution < 1.29 is 14.3 Å². The normalized spacial score (nSPS) is 15.9. The van der Waals surface area contributed by atoms with Crippen LogP contribution in [0, 0.1) is 6.92 Å². The zero-order valence-corrected chi connectivity index (χ0v) is 17.0. The highest BCUT2D eigenvalue weighted by Crippen LogP contribution is 2.35. The van der Waals surface area contributed by atoms with Gasteiger partial charge in [0.15, 0.2) is 0 Å². The second kappa shape index (κ2) is 8.01. The first-order valence-corrected chi connectivity index (χ1v) is 10.1. The summed E-state index contributed by atoms with van der Waals surface area (Å²) in [5.74, 6) is -1.11. The molecule has 0 bridgehead atoms. The molecule has 1 fully saturated rings. The Morgan fingerprint density at radius 1 is 1.14 bits per heavy atom. The number of halogens is 1. The van der Waals surface area contributed by atoms with Gasteiger partial charge < -0.3 is 15.0 Å². The fourth-order valence-corrected chi connectivity index (χ4v) is 4.35. The number of nitrogens with one attached hydrogen (secondary N) is 2. The van der Waals surface area contributed by atoms with E-state index in [2.05, 4.69) is 10.3 Å². The minimum atomic E-state index is -0.592. The molecule has 1 saturated heterocycles. The quantitative estimate of drug-likeness (QED) is 0.489. The number of ether oxygens (including phenoxy) is 1. The number of para-hydroxylation sites is 1. The van der Waals surface area contributed by atoms with Crippen LogP contribution in [0.5, 0.6) is 0 Å². The monoisotopic (exact) mass is 410 g/mol. The highest BCUT2D eigenvalue weighted by Gasteiger charge is 2.36. The molecule has 2 aromatic carbocycles. The van der Waals surface area contributed by atoms with Crippen LogP contribution in [0.25, 0.3) is 10.9 Å². The van der Waals surface area contributed by atoms with Gasteiger partial charge in [0, 0.05) is 46.8 Å². The Balaban J connectivity index is 1.57. The standard InChI is InChI=1S/C23H23ClN2O3/c1-15-20(18-7-2-3-8-19(18)26-15)21(27)22(28)25-14-23(9-11-29-12-10-23)16-5-4-6-17(24)13-16/h2-8,13,26H,9-12,14H2,1H3,(H,25,28). The van der Waals surface area contributed by atoms with Gasteiger partial charge in [0.25, 0.3) is 11.7 Å². The minimum absolute atomic E-state index is 0.297. The molecule has 1 aliphatic heterocycles. The summed E-state index contributed by atoms with van der Waals surface area (Å²) in [6.07, 6.45) is 1.52. The third-order valence-corrected chi connectivity index (χ3v) is 6.04. The first-order chi connectivity index (χ1) is 14.0. The van der Waals surface area contributed by atoms with Crippen LogP contribution in [-0.4, -0.2) is 36.4 Å². The molecule has 1 aliphatic rings. The van der Waals surface area contributed by atoms with Gasteiger partial charge in [-0.25, -0.2) is 0 Å². The molecule has 5 nitrogen and oxygen atoms in total. The number of fused-ring (bicyclic) bond motifs is 1. The van der Waals surface area contributed by atoms with Crippen molar-refractivity contribution in [1.29, 1.82) is 0 Å². The van der Waals surface area contributed by atoms with Crippen LogP contribution in [0.4, 0.5) is 0 Å². The van der Waals surface area contributed by atoms with Gasteiger partial charge in [-0.1, -0.05) is 41.9 Å². The lowest BCUT2D eigenvalue weighted by Gasteiger charge is -2.38. The predicted octanol–water partition coefficient (Wildman–Crippen LogP) is 4.18. The lowest BCUT2D eigenvalue weighted by atomic mass is 9.74. The van der Waals surface area contributed by atoms with E-state index in [0.717, 1.165) is 29.3 Å². The molecule has 0 radical (unpaired) electrons. The van der Waals surface area contributed by atoms with Gasteiger partial charge in [0.1, 0.15) is 0 Å². The van der Waals surface area contributed by atoms with E-state index in [1.54, 1.807) is 0 Å². The smallest absolute Gasteiger partial charge is 0.292 e. The zero-order valence-electron chi connectivity index (χ0n) is 16.3. The number of carbonyl (C=O) groups excluding carboxylic acids is 2. The van der Waals surface area contributed by atoms with Crippen molar-refractivity contribution in [1.82, 2.24) is 10.3 Å². The van der Waals surface area contributed by atoms with E-state index >= 15 is 0 Å². The number of hydrogen-bond donors (Lipinski definition) is 2. The maximum atomic E-state index is 12.9. The van der Waals surface area contributed by atoms with Crippen molar-refractivity contribution in [3.8, 4) is 0 Å². The van der Waals surface area contributed by atoms with Gasteiger partial charge in [0.2, 0.25) is 0 Å². The Morgan fingerprint density at radius 3 is 2.66 bits per heavy atom. The average molecular weight is 411 g/mol. The number of carbonyl (C=O) groups is 2. The Kier molecular flexibility index (Phi) is 5.43. The maximum Gasteiger partial charge on any atom is 0.292 e. The fraction of sp³-hybridized carbons (Fsp3) is 0.304. The van der Waals surface area contributed by atoms with Crippen LogP contribution in [0.15, 0.2) is 48.5 Å². The van der Waals surface area contributed by atoms with Crippen LogP contribution in [0.1, 0.15) is 34.5 Å². The summed E-state index contributed by atoms with van der Waals surface area (Å²) in [6.45, 7) is 3.39. The van der Waals surface area contributed by atoms with E-state index < -0.39 is 11.7 Å². The van der Waals surface area contributed by atoms with E-state index in [0.29, 0.717) is 36.0 Å². The molecule has 1 amide bonds. The van der Waals surface area contributed by atoms with E-state index in [9.17, 15) is 9.59 Å². The molecule has 1 aromatic heterocycles. The van der Waals surface area contributed by atoms with Crippen LogP contribution < -0.4 is 5.32 Å². The van der Waals surface area contributed by atoms with Crippen LogP contribution in [0.3, 0.4) is 0 Å². The molecule has 0 saturated carbocycles. The summed E-state index contributed by atoms with van der Waals surface area (Å²) in [5.41, 5.74) is 2.74. The molecule has 6 heteroatoms. The number of Topliss-reactive ketones (excluding diaryl/α,β-unsaturated/α-hetero) is 1. The fourth-order valence-electron chi connectivity index (χ4n) is 4.16. The summed E-state index contributed by atoms with van der Waals surface area (Å²) >= 11 is 6.20. The van der Waals surface area contributed by atoms with Crippen molar-refractivity contribution in [2.75, 3.05) is 19.8 Å². The van der Waals surface area contributed by atoms with Crippen molar-refractivity contribution in [2.24, 2.45) is 0 Å². The highest BCUT2D eigenvalue weighted by molar-refractivity contribution is 6.45. The lowest BCUT2D eigenvalue weighted by Crippen LogP contribution is -2.46. The van der Waals surface area contributed by atoms with E-state index in [-0.39, 0.29) is 5.41 Å².